The van der Waals surface area contributed by atoms with Crippen LogP contribution >= 0.6 is 23.2 Å². The van der Waals surface area contributed by atoms with E-state index in [-0.39, 0.29) is 16.2 Å². The molecule has 0 spiro atoms. The molecule has 5 unspecified atom stereocenters. The van der Waals surface area contributed by atoms with Crippen LogP contribution in [0.4, 0.5) is 0 Å². The highest BCUT2D eigenvalue weighted by Gasteiger charge is 2.63. The van der Waals surface area contributed by atoms with Gasteiger partial charge in [0.2, 0.25) is 0 Å². The third kappa shape index (κ3) is 1.33. The lowest BCUT2D eigenvalue weighted by Gasteiger charge is -2.25. The monoisotopic (exact) mass is 243 g/mol. The van der Waals surface area contributed by atoms with Crippen LogP contribution in [0.2, 0.25) is 0 Å². The molecule has 2 N–H and O–H groups in total. The van der Waals surface area contributed by atoms with Gasteiger partial charge in [0.15, 0.2) is 0 Å². The lowest BCUT2D eigenvalue weighted by Crippen LogP contribution is -2.31. The minimum absolute atomic E-state index is 0.0679. The van der Waals surface area contributed by atoms with Crippen molar-refractivity contribution in [2.45, 2.75) is 36.1 Å². The van der Waals surface area contributed by atoms with Gasteiger partial charge in [-0.05, 0) is 30.8 Å². The fourth-order valence-corrected chi connectivity index (χ4v) is 3.66. The van der Waals surface area contributed by atoms with Gasteiger partial charge in [-0.1, -0.05) is 18.2 Å². The Balaban J connectivity index is 1.90. The predicted octanol–water partition coefficient (Wildman–Crippen LogP) is 2.82. The van der Waals surface area contributed by atoms with Gasteiger partial charge in [-0.3, -0.25) is 0 Å². The lowest BCUT2D eigenvalue weighted by atomic mass is 9.86. The number of hydrogen-bond acceptors (Lipinski definition) is 1. The van der Waals surface area contributed by atoms with E-state index in [1.807, 2.05) is 6.08 Å². The summed E-state index contributed by atoms with van der Waals surface area (Å²) in [5.74, 6) is 0.805. The molecule has 0 aliphatic heterocycles. The third-order valence-electron chi connectivity index (χ3n) is 4.28. The van der Waals surface area contributed by atoms with Crippen LogP contribution in [-0.4, -0.2) is 16.8 Å². The largest absolute Gasteiger partial charge is 0.327 e. The van der Waals surface area contributed by atoms with Crippen molar-refractivity contribution in [2.75, 3.05) is 0 Å². The molecule has 1 nitrogen and oxygen atoms in total. The molecule has 2 fully saturated rings. The zero-order valence-electron chi connectivity index (χ0n) is 8.50. The van der Waals surface area contributed by atoms with Gasteiger partial charge in [-0.2, -0.15) is 0 Å². The molecule has 0 bridgehead atoms. The van der Waals surface area contributed by atoms with Crippen LogP contribution in [0.5, 0.6) is 0 Å². The standard InChI is InChI=1S/C12H15Cl2N/c13-9-3-1-7(5-10(9)14)12-6-8(12)2-4-11(12)15/h1,3,5,8-11H,2,4,6,15H2. The van der Waals surface area contributed by atoms with Crippen molar-refractivity contribution in [1.82, 2.24) is 0 Å². The predicted molar refractivity (Wildman–Crippen MR) is 64.3 cm³/mol. The highest BCUT2D eigenvalue weighted by molar-refractivity contribution is 6.31. The Kier molecular flexibility index (Phi) is 2.21. The van der Waals surface area contributed by atoms with Crippen molar-refractivity contribution < 1.29 is 0 Å². The normalized spacial score (nSPS) is 52.6. The Labute approximate surface area is 100 Å². The molecule has 2 saturated carbocycles. The molecule has 3 aliphatic carbocycles. The number of alkyl halides is 2. The molecule has 0 amide bonds. The first-order valence-electron chi connectivity index (χ1n) is 5.59. The summed E-state index contributed by atoms with van der Waals surface area (Å²) in [5.41, 5.74) is 7.82. The van der Waals surface area contributed by atoms with Gasteiger partial charge in [-0.25, -0.2) is 0 Å². The van der Waals surface area contributed by atoms with E-state index in [9.17, 15) is 0 Å². The second-order valence-corrected chi connectivity index (χ2v) is 6.00. The Hall–Kier alpha value is 0.0200. The summed E-state index contributed by atoms with van der Waals surface area (Å²) in [5, 5.41) is -0.142. The maximum atomic E-state index is 6.22. The van der Waals surface area contributed by atoms with Crippen LogP contribution in [-0.2, 0) is 0 Å². The highest BCUT2D eigenvalue weighted by atomic mass is 35.5. The summed E-state index contributed by atoms with van der Waals surface area (Å²) < 4.78 is 0. The van der Waals surface area contributed by atoms with Gasteiger partial charge in [-0.15, -0.1) is 23.2 Å². The van der Waals surface area contributed by atoms with Crippen LogP contribution in [0, 0.1) is 11.3 Å². The van der Waals surface area contributed by atoms with Crippen molar-refractivity contribution in [1.29, 1.82) is 0 Å². The van der Waals surface area contributed by atoms with Gasteiger partial charge < -0.3 is 5.73 Å². The Morgan fingerprint density at radius 1 is 1.27 bits per heavy atom. The fraction of sp³-hybridized carbons (Fsp3) is 0.667. The minimum Gasteiger partial charge on any atom is -0.327 e. The van der Waals surface area contributed by atoms with Gasteiger partial charge in [0, 0.05) is 11.5 Å². The fourth-order valence-electron chi connectivity index (χ4n) is 3.30. The summed E-state index contributed by atoms with van der Waals surface area (Å²) in [6, 6.07) is 0.328. The first-order valence-corrected chi connectivity index (χ1v) is 6.46. The maximum absolute atomic E-state index is 6.22. The molecule has 3 rings (SSSR count). The van der Waals surface area contributed by atoms with Crippen molar-refractivity contribution in [2.24, 2.45) is 17.1 Å². The van der Waals surface area contributed by atoms with E-state index in [0.717, 1.165) is 12.3 Å². The number of rotatable bonds is 1. The molecular formula is C12H15Cl2N. The van der Waals surface area contributed by atoms with E-state index in [1.165, 1.54) is 18.4 Å². The number of nitrogens with two attached hydrogens (primary N) is 1. The molecule has 0 heterocycles. The zero-order valence-corrected chi connectivity index (χ0v) is 10.0. The SMILES string of the molecule is NC1CCC2CC12C1=CC(Cl)C(Cl)C=C1. The van der Waals surface area contributed by atoms with Crippen molar-refractivity contribution in [3.8, 4) is 0 Å². The molecule has 0 saturated heterocycles. The first kappa shape index (κ1) is 10.2. The van der Waals surface area contributed by atoms with Gasteiger partial charge in [0.1, 0.15) is 0 Å². The molecular weight excluding hydrogens is 229 g/mol. The van der Waals surface area contributed by atoms with Crippen molar-refractivity contribution in [3.05, 3.63) is 23.8 Å². The maximum Gasteiger partial charge on any atom is 0.0721 e. The van der Waals surface area contributed by atoms with Crippen molar-refractivity contribution in [3.63, 3.8) is 0 Å². The molecule has 0 aromatic heterocycles. The Bertz CT molecular complexity index is 350. The zero-order chi connectivity index (χ0) is 10.6. The summed E-state index contributed by atoms with van der Waals surface area (Å²) >= 11 is 12.2. The van der Waals surface area contributed by atoms with E-state index in [2.05, 4.69) is 12.2 Å². The van der Waals surface area contributed by atoms with E-state index < -0.39 is 0 Å². The summed E-state index contributed by atoms with van der Waals surface area (Å²) in [6.07, 6.45) is 9.95. The summed E-state index contributed by atoms with van der Waals surface area (Å²) in [6.45, 7) is 0. The van der Waals surface area contributed by atoms with Crippen LogP contribution in [0.1, 0.15) is 19.3 Å². The van der Waals surface area contributed by atoms with Crippen LogP contribution < -0.4 is 5.73 Å². The molecule has 3 heteroatoms. The summed E-state index contributed by atoms with van der Waals surface area (Å²) in [7, 11) is 0. The average molecular weight is 244 g/mol. The van der Waals surface area contributed by atoms with Gasteiger partial charge in [0.05, 0.1) is 10.8 Å². The van der Waals surface area contributed by atoms with Crippen LogP contribution in [0.3, 0.4) is 0 Å². The molecule has 0 aromatic carbocycles. The van der Waals surface area contributed by atoms with Gasteiger partial charge >= 0.3 is 0 Å². The Morgan fingerprint density at radius 2 is 2.07 bits per heavy atom. The van der Waals surface area contributed by atoms with Crippen molar-refractivity contribution >= 4 is 23.2 Å². The molecule has 15 heavy (non-hydrogen) atoms. The summed E-state index contributed by atoms with van der Waals surface area (Å²) in [4.78, 5) is 0. The topological polar surface area (TPSA) is 26.0 Å². The van der Waals surface area contributed by atoms with E-state index >= 15 is 0 Å². The van der Waals surface area contributed by atoms with E-state index in [0.29, 0.717) is 6.04 Å². The van der Waals surface area contributed by atoms with Crippen LogP contribution in [0.15, 0.2) is 23.8 Å². The second kappa shape index (κ2) is 3.26. The smallest absolute Gasteiger partial charge is 0.0721 e. The third-order valence-corrected chi connectivity index (χ3v) is 5.22. The quantitative estimate of drug-likeness (QED) is 0.705. The number of allylic oxidation sites excluding steroid dienone is 3. The Morgan fingerprint density at radius 3 is 2.60 bits per heavy atom. The number of halogens is 2. The second-order valence-electron chi connectivity index (χ2n) is 5.00. The van der Waals surface area contributed by atoms with Gasteiger partial charge in [0.25, 0.3) is 0 Å². The number of fused-ring (bicyclic) bond motifs is 1. The molecule has 3 aliphatic rings. The van der Waals surface area contributed by atoms with Crippen LogP contribution in [0.25, 0.3) is 0 Å². The van der Waals surface area contributed by atoms with E-state index in [4.69, 9.17) is 28.9 Å². The van der Waals surface area contributed by atoms with E-state index in [1.54, 1.807) is 0 Å². The molecule has 82 valence electrons. The minimum atomic E-state index is -0.0740. The molecule has 5 atom stereocenters. The number of hydrogen-bond donors (Lipinski definition) is 1. The molecule has 0 aromatic rings. The molecule has 0 radical (unpaired) electrons. The highest BCUT2D eigenvalue weighted by Crippen LogP contribution is 2.67. The lowest BCUT2D eigenvalue weighted by molar-refractivity contribution is 0.493. The average Bonchev–Trinajstić information content (AvgIpc) is 2.87. The first-order chi connectivity index (χ1) is 7.14.